The maximum absolute atomic E-state index is 13.1. The summed E-state index contributed by atoms with van der Waals surface area (Å²) in [6, 6.07) is 17.4. The zero-order valence-electron chi connectivity index (χ0n) is 18.0. The molecule has 0 spiro atoms. The van der Waals surface area contributed by atoms with Crippen molar-refractivity contribution in [1.82, 2.24) is 9.80 Å². The Kier molecular flexibility index (Phi) is 7.57. The van der Waals surface area contributed by atoms with E-state index in [0.717, 1.165) is 43.7 Å². The summed E-state index contributed by atoms with van der Waals surface area (Å²) in [6.45, 7) is 5.25. The van der Waals surface area contributed by atoms with E-state index in [1.807, 2.05) is 35.2 Å². The monoisotopic (exact) mass is 424 g/mol. The lowest BCUT2D eigenvalue weighted by Crippen LogP contribution is -2.42. The average Bonchev–Trinajstić information content (AvgIpc) is 2.93. The highest BCUT2D eigenvalue weighted by atomic mass is 16.5. The Labute approximate surface area is 184 Å². The van der Waals surface area contributed by atoms with Crippen LogP contribution >= 0.6 is 0 Å². The standard InChI is InChI=1S/C25H32N2O4/c28-23-8-6-20(7-9-23)14-26-16-24(31-19-22-4-2-1-3-5-22)17-27(25(29)18-26)15-21-10-12-30-13-11-21/h1-9,21,24,28H,10-19H2. The lowest BCUT2D eigenvalue weighted by molar-refractivity contribution is -0.133. The van der Waals surface area contributed by atoms with Crippen LogP contribution in [-0.2, 0) is 27.4 Å². The normalized spacial score (nSPS) is 21.2. The van der Waals surface area contributed by atoms with Gasteiger partial charge < -0.3 is 19.5 Å². The number of phenols is 1. The number of hydrogen-bond donors (Lipinski definition) is 1. The van der Waals surface area contributed by atoms with E-state index in [-0.39, 0.29) is 17.8 Å². The second-order valence-electron chi connectivity index (χ2n) is 8.61. The number of amides is 1. The molecule has 2 aromatic rings. The van der Waals surface area contributed by atoms with E-state index in [2.05, 4.69) is 17.0 Å². The van der Waals surface area contributed by atoms with Gasteiger partial charge in [-0.05, 0) is 42.0 Å². The SMILES string of the molecule is O=C1CN(Cc2ccc(O)cc2)CC(OCc2ccccc2)CN1CC1CCOCC1. The highest BCUT2D eigenvalue weighted by Gasteiger charge is 2.30. The Morgan fingerprint density at radius 3 is 2.45 bits per heavy atom. The molecule has 2 heterocycles. The first-order valence-corrected chi connectivity index (χ1v) is 11.2. The summed E-state index contributed by atoms with van der Waals surface area (Å²) >= 11 is 0. The van der Waals surface area contributed by atoms with Crippen LogP contribution in [0, 0.1) is 5.92 Å². The fourth-order valence-electron chi connectivity index (χ4n) is 4.34. The molecule has 2 fully saturated rings. The molecule has 1 amide bonds. The number of carbonyl (C=O) groups is 1. The second-order valence-corrected chi connectivity index (χ2v) is 8.61. The summed E-state index contributed by atoms with van der Waals surface area (Å²) in [5, 5.41) is 9.56. The zero-order valence-corrected chi connectivity index (χ0v) is 18.0. The fourth-order valence-corrected chi connectivity index (χ4v) is 4.34. The van der Waals surface area contributed by atoms with Gasteiger partial charge in [-0.15, -0.1) is 0 Å². The molecule has 2 aliphatic heterocycles. The van der Waals surface area contributed by atoms with Gasteiger partial charge in [0.25, 0.3) is 0 Å². The van der Waals surface area contributed by atoms with Gasteiger partial charge in [-0.25, -0.2) is 0 Å². The Morgan fingerprint density at radius 1 is 0.968 bits per heavy atom. The van der Waals surface area contributed by atoms with Crippen LogP contribution in [0.5, 0.6) is 5.75 Å². The van der Waals surface area contributed by atoms with Crippen molar-refractivity contribution in [3.8, 4) is 5.75 Å². The van der Waals surface area contributed by atoms with Crippen LogP contribution in [0.1, 0.15) is 24.0 Å². The van der Waals surface area contributed by atoms with Crippen molar-refractivity contribution < 1.29 is 19.4 Å². The van der Waals surface area contributed by atoms with Gasteiger partial charge in [0, 0.05) is 39.4 Å². The highest BCUT2D eigenvalue weighted by molar-refractivity contribution is 5.78. The lowest BCUT2D eigenvalue weighted by atomic mass is 9.99. The van der Waals surface area contributed by atoms with Crippen LogP contribution in [0.15, 0.2) is 54.6 Å². The maximum atomic E-state index is 13.1. The summed E-state index contributed by atoms with van der Waals surface area (Å²) < 4.78 is 11.8. The second kappa shape index (κ2) is 10.8. The van der Waals surface area contributed by atoms with Gasteiger partial charge in [-0.3, -0.25) is 9.69 Å². The molecule has 2 aromatic carbocycles. The van der Waals surface area contributed by atoms with Crippen molar-refractivity contribution in [2.45, 2.75) is 32.1 Å². The number of hydrogen-bond acceptors (Lipinski definition) is 5. The number of carbonyl (C=O) groups excluding carboxylic acids is 1. The molecular weight excluding hydrogens is 392 g/mol. The van der Waals surface area contributed by atoms with Crippen molar-refractivity contribution in [3.05, 3.63) is 65.7 Å². The molecule has 1 atom stereocenters. The fraction of sp³-hybridized carbons (Fsp3) is 0.480. The molecule has 166 valence electrons. The van der Waals surface area contributed by atoms with Crippen molar-refractivity contribution in [2.75, 3.05) is 39.4 Å². The van der Waals surface area contributed by atoms with Crippen molar-refractivity contribution >= 4 is 5.91 Å². The third-order valence-electron chi connectivity index (χ3n) is 6.09. The number of phenolic OH excluding ortho intramolecular Hbond substituents is 1. The summed E-state index contributed by atoms with van der Waals surface area (Å²) in [7, 11) is 0. The average molecular weight is 425 g/mol. The van der Waals surface area contributed by atoms with Crippen molar-refractivity contribution in [2.24, 2.45) is 5.92 Å². The molecule has 31 heavy (non-hydrogen) atoms. The maximum Gasteiger partial charge on any atom is 0.236 e. The van der Waals surface area contributed by atoms with Gasteiger partial charge in [-0.1, -0.05) is 42.5 Å². The summed E-state index contributed by atoms with van der Waals surface area (Å²) in [5.74, 6) is 0.912. The summed E-state index contributed by atoms with van der Waals surface area (Å²) in [6.07, 6.45) is 1.97. The van der Waals surface area contributed by atoms with Gasteiger partial charge >= 0.3 is 0 Å². The minimum absolute atomic E-state index is 0.0522. The van der Waals surface area contributed by atoms with Crippen LogP contribution in [0.4, 0.5) is 0 Å². The van der Waals surface area contributed by atoms with Crippen molar-refractivity contribution in [1.29, 1.82) is 0 Å². The van der Waals surface area contributed by atoms with Gasteiger partial charge in [-0.2, -0.15) is 0 Å². The smallest absolute Gasteiger partial charge is 0.236 e. The molecule has 4 rings (SSSR count). The van der Waals surface area contributed by atoms with E-state index in [9.17, 15) is 9.90 Å². The molecular formula is C25H32N2O4. The molecule has 6 heteroatoms. The molecule has 0 saturated carbocycles. The summed E-state index contributed by atoms with van der Waals surface area (Å²) in [5.41, 5.74) is 2.21. The van der Waals surface area contributed by atoms with E-state index < -0.39 is 0 Å². The Balaban J connectivity index is 1.44. The van der Waals surface area contributed by atoms with Crippen LogP contribution < -0.4 is 0 Å². The van der Waals surface area contributed by atoms with E-state index in [0.29, 0.717) is 38.7 Å². The molecule has 6 nitrogen and oxygen atoms in total. The third kappa shape index (κ3) is 6.53. The number of rotatable bonds is 7. The first-order valence-electron chi connectivity index (χ1n) is 11.2. The van der Waals surface area contributed by atoms with Gasteiger partial charge in [0.2, 0.25) is 5.91 Å². The van der Waals surface area contributed by atoms with E-state index in [1.54, 1.807) is 12.1 Å². The minimum Gasteiger partial charge on any atom is -0.508 e. The predicted octanol–water partition coefficient (Wildman–Crippen LogP) is 3.05. The van der Waals surface area contributed by atoms with Crippen LogP contribution in [0.3, 0.4) is 0 Å². The molecule has 0 aromatic heterocycles. The third-order valence-corrected chi connectivity index (χ3v) is 6.09. The highest BCUT2D eigenvalue weighted by Crippen LogP contribution is 2.20. The topological polar surface area (TPSA) is 62.2 Å². The van der Waals surface area contributed by atoms with Crippen LogP contribution in [0.2, 0.25) is 0 Å². The number of nitrogens with zero attached hydrogens (tertiary/aromatic N) is 2. The van der Waals surface area contributed by atoms with Crippen LogP contribution in [-0.4, -0.2) is 66.3 Å². The van der Waals surface area contributed by atoms with E-state index in [4.69, 9.17) is 9.47 Å². The van der Waals surface area contributed by atoms with Crippen molar-refractivity contribution in [3.63, 3.8) is 0 Å². The largest absolute Gasteiger partial charge is 0.508 e. The minimum atomic E-state index is -0.0522. The molecule has 1 unspecified atom stereocenters. The molecule has 1 N–H and O–H groups in total. The molecule has 2 aliphatic rings. The molecule has 0 bridgehead atoms. The quantitative estimate of drug-likeness (QED) is 0.740. The number of aromatic hydroxyl groups is 1. The molecule has 0 aliphatic carbocycles. The zero-order chi connectivity index (χ0) is 21.5. The van der Waals surface area contributed by atoms with E-state index in [1.165, 1.54) is 0 Å². The predicted molar refractivity (Wildman–Crippen MR) is 119 cm³/mol. The lowest BCUT2D eigenvalue weighted by Gasteiger charge is -2.30. The Morgan fingerprint density at radius 2 is 1.71 bits per heavy atom. The first-order chi connectivity index (χ1) is 15.2. The number of benzene rings is 2. The Hall–Kier alpha value is -2.41. The van der Waals surface area contributed by atoms with Gasteiger partial charge in [0.15, 0.2) is 0 Å². The summed E-state index contributed by atoms with van der Waals surface area (Å²) in [4.78, 5) is 17.3. The Bertz CT molecular complexity index is 821. The number of ether oxygens (including phenoxy) is 2. The van der Waals surface area contributed by atoms with Crippen LogP contribution in [0.25, 0.3) is 0 Å². The molecule has 2 saturated heterocycles. The first kappa shape index (κ1) is 21.8. The molecule has 0 radical (unpaired) electrons. The van der Waals surface area contributed by atoms with Gasteiger partial charge in [0.1, 0.15) is 5.75 Å². The van der Waals surface area contributed by atoms with Gasteiger partial charge in [0.05, 0.1) is 19.3 Å². The van der Waals surface area contributed by atoms with E-state index >= 15 is 0 Å².